The van der Waals surface area contributed by atoms with Gasteiger partial charge >= 0.3 is 0 Å². The molecule has 1 N–H and O–H groups in total. The van der Waals surface area contributed by atoms with E-state index in [0.717, 1.165) is 0 Å². The molecule has 0 unspecified atom stereocenters. The van der Waals surface area contributed by atoms with E-state index in [2.05, 4.69) is 15.4 Å². The van der Waals surface area contributed by atoms with Crippen LogP contribution in [0.4, 0.5) is 10.1 Å². The molecular formula is C21H22FN5O4S. The van der Waals surface area contributed by atoms with E-state index in [9.17, 15) is 17.6 Å². The van der Waals surface area contributed by atoms with Crippen LogP contribution in [0.3, 0.4) is 0 Å². The Kier molecular flexibility index (Phi) is 6.04. The SMILES string of the molecule is Cc1ccc(S(=O)(=O)N2CCOCC2)cc1NC(=O)c1nc(C)n(-c2ccc(F)cc2)n1. The molecule has 0 atom stereocenters. The number of morpholine rings is 1. The molecule has 32 heavy (non-hydrogen) atoms. The van der Waals surface area contributed by atoms with Gasteiger partial charge in [-0.15, -0.1) is 5.10 Å². The maximum Gasteiger partial charge on any atom is 0.295 e. The van der Waals surface area contributed by atoms with Crippen LogP contribution in [0.25, 0.3) is 5.69 Å². The summed E-state index contributed by atoms with van der Waals surface area (Å²) in [5.41, 5.74) is 1.60. The quantitative estimate of drug-likeness (QED) is 0.628. The largest absolute Gasteiger partial charge is 0.379 e. The monoisotopic (exact) mass is 459 g/mol. The van der Waals surface area contributed by atoms with E-state index in [1.807, 2.05) is 0 Å². The van der Waals surface area contributed by atoms with E-state index < -0.39 is 15.9 Å². The first-order valence-electron chi connectivity index (χ1n) is 9.95. The molecule has 2 heterocycles. The minimum atomic E-state index is -3.71. The van der Waals surface area contributed by atoms with Gasteiger partial charge in [0.25, 0.3) is 5.91 Å². The number of aryl methyl sites for hydroxylation is 2. The number of carbonyl (C=O) groups excluding carboxylic acids is 1. The van der Waals surface area contributed by atoms with Crippen LogP contribution in [-0.2, 0) is 14.8 Å². The van der Waals surface area contributed by atoms with E-state index in [0.29, 0.717) is 36.0 Å². The van der Waals surface area contributed by atoms with Crippen LogP contribution < -0.4 is 5.32 Å². The lowest BCUT2D eigenvalue weighted by Gasteiger charge is -2.26. The highest BCUT2D eigenvalue weighted by molar-refractivity contribution is 7.89. The fraction of sp³-hybridized carbons (Fsp3) is 0.286. The van der Waals surface area contributed by atoms with Gasteiger partial charge in [-0.2, -0.15) is 4.31 Å². The Hall–Kier alpha value is -3.15. The van der Waals surface area contributed by atoms with Gasteiger partial charge in [0.05, 0.1) is 23.8 Å². The molecule has 168 valence electrons. The van der Waals surface area contributed by atoms with E-state index in [4.69, 9.17) is 4.74 Å². The number of rotatable bonds is 5. The number of nitrogens with one attached hydrogen (secondary N) is 1. The minimum absolute atomic E-state index is 0.0845. The average Bonchev–Trinajstić information content (AvgIpc) is 3.18. The first-order valence-corrected chi connectivity index (χ1v) is 11.4. The Morgan fingerprint density at radius 3 is 2.47 bits per heavy atom. The number of halogens is 1. The molecule has 0 spiro atoms. The summed E-state index contributed by atoms with van der Waals surface area (Å²) >= 11 is 0. The number of hydrogen-bond acceptors (Lipinski definition) is 6. The molecule has 9 nitrogen and oxygen atoms in total. The standard InChI is InChI=1S/C21H22FN5O4S/c1-14-3-8-18(32(29,30)26-9-11-31-12-10-26)13-19(14)24-21(28)20-23-15(2)27(25-20)17-6-4-16(22)5-7-17/h3-8,13H,9-12H2,1-2H3,(H,24,28). The van der Waals surface area contributed by atoms with Crippen molar-refractivity contribution in [3.8, 4) is 5.69 Å². The normalized spacial score (nSPS) is 15.0. The Morgan fingerprint density at radius 2 is 1.78 bits per heavy atom. The maximum absolute atomic E-state index is 13.2. The van der Waals surface area contributed by atoms with Crippen molar-refractivity contribution in [1.82, 2.24) is 19.1 Å². The van der Waals surface area contributed by atoms with Crippen molar-refractivity contribution in [2.45, 2.75) is 18.7 Å². The number of ether oxygens (including phenoxy) is 1. The molecule has 1 aliphatic rings. The summed E-state index contributed by atoms with van der Waals surface area (Å²) in [6, 6.07) is 10.2. The van der Waals surface area contributed by atoms with Crippen molar-refractivity contribution < 1.29 is 22.3 Å². The van der Waals surface area contributed by atoms with Crippen LogP contribution in [0.15, 0.2) is 47.4 Å². The molecular weight excluding hydrogens is 437 g/mol. The molecule has 1 fully saturated rings. The van der Waals surface area contributed by atoms with Crippen molar-refractivity contribution in [3.05, 3.63) is 65.5 Å². The number of sulfonamides is 1. The summed E-state index contributed by atoms with van der Waals surface area (Å²) in [7, 11) is -3.71. The van der Waals surface area contributed by atoms with Crippen LogP contribution in [-0.4, -0.2) is 59.7 Å². The first-order chi connectivity index (χ1) is 15.3. The number of nitrogens with zero attached hydrogens (tertiary/aromatic N) is 4. The fourth-order valence-electron chi connectivity index (χ4n) is 3.32. The van der Waals surface area contributed by atoms with Gasteiger partial charge in [-0.3, -0.25) is 4.79 Å². The predicted molar refractivity (Wildman–Crippen MR) is 115 cm³/mol. The van der Waals surface area contributed by atoms with Crippen LogP contribution in [0.5, 0.6) is 0 Å². The lowest BCUT2D eigenvalue weighted by Crippen LogP contribution is -2.40. The zero-order chi connectivity index (χ0) is 22.9. The summed E-state index contributed by atoms with van der Waals surface area (Å²) < 4.78 is 47.1. The smallest absolute Gasteiger partial charge is 0.295 e. The van der Waals surface area contributed by atoms with Gasteiger partial charge < -0.3 is 10.1 Å². The van der Waals surface area contributed by atoms with Gasteiger partial charge in [-0.25, -0.2) is 22.5 Å². The zero-order valence-corrected chi connectivity index (χ0v) is 18.4. The Morgan fingerprint density at radius 1 is 1.09 bits per heavy atom. The molecule has 1 amide bonds. The summed E-state index contributed by atoms with van der Waals surface area (Å²) in [6.45, 7) is 4.68. The van der Waals surface area contributed by atoms with Gasteiger partial charge in [-0.1, -0.05) is 6.07 Å². The summed E-state index contributed by atoms with van der Waals surface area (Å²) in [6.07, 6.45) is 0. The molecule has 3 aromatic rings. The second-order valence-corrected chi connectivity index (χ2v) is 9.26. The van der Waals surface area contributed by atoms with Crippen molar-refractivity contribution in [2.75, 3.05) is 31.6 Å². The van der Waals surface area contributed by atoms with Gasteiger partial charge in [0.2, 0.25) is 15.8 Å². The highest BCUT2D eigenvalue weighted by Gasteiger charge is 2.27. The van der Waals surface area contributed by atoms with E-state index in [-0.39, 0.29) is 29.6 Å². The molecule has 11 heteroatoms. The second-order valence-electron chi connectivity index (χ2n) is 7.32. The number of amides is 1. The summed E-state index contributed by atoms with van der Waals surface area (Å²) in [5, 5.41) is 6.91. The zero-order valence-electron chi connectivity index (χ0n) is 17.6. The van der Waals surface area contributed by atoms with E-state index in [1.54, 1.807) is 19.9 Å². The average molecular weight is 460 g/mol. The molecule has 1 saturated heterocycles. The number of benzene rings is 2. The molecule has 1 aromatic heterocycles. The molecule has 0 aliphatic carbocycles. The second kappa shape index (κ2) is 8.77. The minimum Gasteiger partial charge on any atom is -0.379 e. The predicted octanol–water partition coefficient (Wildman–Crippen LogP) is 2.30. The summed E-state index contributed by atoms with van der Waals surface area (Å²) in [4.78, 5) is 17.1. The molecule has 0 bridgehead atoms. The topological polar surface area (TPSA) is 106 Å². The van der Waals surface area contributed by atoms with Gasteiger partial charge in [0.1, 0.15) is 11.6 Å². The molecule has 2 aromatic carbocycles. The Bertz CT molecular complexity index is 1250. The van der Waals surface area contributed by atoms with Crippen molar-refractivity contribution >= 4 is 21.6 Å². The first kappa shape index (κ1) is 22.1. The summed E-state index contributed by atoms with van der Waals surface area (Å²) in [5.74, 6) is -0.611. The molecule has 1 aliphatic heterocycles. The van der Waals surface area contributed by atoms with Crippen LogP contribution in [0.1, 0.15) is 22.0 Å². The number of anilines is 1. The number of aromatic nitrogens is 3. The third-order valence-corrected chi connectivity index (χ3v) is 7.00. The number of hydrogen-bond donors (Lipinski definition) is 1. The third-order valence-electron chi connectivity index (χ3n) is 5.11. The van der Waals surface area contributed by atoms with Crippen molar-refractivity contribution in [1.29, 1.82) is 0 Å². The molecule has 4 rings (SSSR count). The lowest BCUT2D eigenvalue weighted by atomic mass is 10.2. The van der Waals surface area contributed by atoms with Gasteiger partial charge in [0, 0.05) is 18.8 Å². The van der Waals surface area contributed by atoms with Crippen LogP contribution in [0.2, 0.25) is 0 Å². The highest BCUT2D eigenvalue weighted by atomic mass is 32.2. The van der Waals surface area contributed by atoms with Crippen LogP contribution in [0, 0.1) is 19.7 Å². The van der Waals surface area contributed by atoms with Gasteiger partial charge in [-0.05, 0) is 55.8 Å². The Balaban J connectivity index is 1.58. The van der Waals surface area contributed by atoms with Crippen LogP contribution >= 0.6 is 0 Å². The lowest BCUT2D eigenvalue weighted by molar-refractivity contribution is 0.0730. The molecule has 0 radical (unpaired) electrons. The maximum atomic E-state index is 13.2. The number of carbonyl (C=O) groups is 1. The van der Waals surface area contributed by atoms with Crippen molar-refractivity contribution in [3.63, 3.8) is 0 Å². The molecule has 0 saturated carbocycles. The van der Waals surface area contributed by atoms with E-state index in [1.165, 1.54) is 45.4 Å². The Labute approximate surface area is 184 Å². The highest BCUT2D eigenvalue weighted by Crippen LogP contribution is 2.24. The van der Waals surface area contributed by atoms with Gasteiger partial charge in [0.15, 0.2) is 0 Å². The van der Waals surface area contributed by atoms with E-state index >= 15 is 0 Å². The van der Waals surface area contributed by atoms with Crippen molar-refractivity contribution in [2.24, 2.45) is 0 Å². The fourth-order valence-corrected chi connectivity index (χ4v) is 4.76. The third kappa shape index (κ3) is 4.40.